The van der Waals surface area contributed by atoms with E-state index in [1.807, 2.05) is 0 Å². The third kappa shape index (κ3) is 3.54. The molecule has 1 N–H and O–H groups in total. The molecule has 6 heteroatoms. The summed E-state index contributed by atoms with van der Waals surface area (Å²) in [6, 6.07) is -0.399. The molecule has 0 aromatic carbocycles. The van der Waals surface area contributed by atoms with Crippen molar-refractivity contribution in [3.05, 3.63) is 12.7 Å². The summed E-state index contributed by atoms with van der Waals surface area (Å²) in [5.74, 6) is 0.0161. The van der Waals surface area contributed by atoms with Crippen molar-refractivity contribution in [2.75, 3.05) is 45.9 Å². The van der Waals surface area contributed by atoms with Crippen LogP contribution in [0.3, 0.4) is 0 Å². The number of rotatable bonds is 4. The van der Waals surface area contributed by atoms with Gasteiger partial charge in [0.05, 0.1) is 25.7 Å². The minimum absolute atomic E-state index is 0.00670. The largest absolute Gasteiger partial charge is 0.378 e. The first-order valence-electron chi connectivity index (χ1n) is 6.71. The standard InChI is InChI=1S/C13H21N3O3/c1-2-4-16-5-3-14-11(13(16)18)10-12(17)15-6-8-19-9-7-15/h2,11,14H,1,3-10H2. The summed E-state index contributed by atoms with van der Waals surface area (Å²) in [5, 5.41) is 3.12. The summed E-state index contributed by atoms with van der Waals surface area (Å²) in [7, 11) is 0. The SMILES string of the molecule is C=CCN1CCNC(CC(=O)N2CCOCC2)C1=O. The van der Waals surface area contributed by atoms with Crippen LogP contribution in [-0.2, 0) is 14.3 Å². The lowest BCUT2D eigenvalue weighted by Gasteiger charge is -2.34. The van der Waals surface area contributed by atoms with Crippen molar-refractivity contribution in [3.8, 4) is 0 Å². The van der Waals surface area contributed by atoms with E-state index >= 15 is 0 Å². The molecule has 0 aromatic heterocycles. The van der Waals surface area contributed by atoms with Gasteiger partial charge in [0.2, 0.25) is 11.8 Å². The van der Waals surface area contributed by atoms with Crippen LogP contribution >= 0.6 is 0 Å². The van der Waals surface area contributed by atoms with Gasteiger partial charge in [-0.15, -0.1) is 6.58 Å². The van der Waals surface area contributed by atoms with Crippen LogP contribution in [0.5, 0.6) is 0 Å². The maximum Gasteiger partial charge on any atom is 0.240 e. The van der Waals surface area contributed by atoms with E-state index in [-0.39, 0.29) is 18.2 Å². The van der Waals surface area contributed by atoms with Gasteiger partial charge in [-0.05, 0) is 0 Å². The maximum atomic E-state index is 12.2. The highest BCUT2D eigenvalue weighted by Gasteiger charge is 2.31. The second kappa shape index (κ2) is 6.68. The molecule has 0 aromatic rings. The van der Waals surface area contributed by atoms with Crippen molar-refractivity contribution in [3.63, 3.8) is 0 Å². The van der Waals surface area contributed by atoms with E-state index in [4.69, 9.17) is 4.74 Å². The number of ether oxygens (including phenoxy) is 1. The Bertz CT molecular complexity index is 353. The van der Waals surface area contributed by atoms with Crippen LogP contribution < -0.4 is 5.32 Å². The van der Waals surface area contributed by atoms with E-state index in [9.17, 15) is 9.59 Å². The lowest BCUT2D eigenvalue weighted by molar-refractivity contribution is -0.142. The first kappa shape index (κ1) is 14.0. The number of carbonyl (C=O) groups excluding carboxylic acids is 2. The highest BCUT2D eigenvalue weighted by atomic mass is 16.5. The van der Waals surface area contributed by atoms with Crippen LogP contribution in [0.25, 0.3) is 0 Å². The van der Waals surface area contributed by atoms with E-state index in [0.717, 1.165) is 6.54 Å². The number of hydrogen-bond acceptors (Lipinski definition) is 4. The lowest BCUT2D eigenvalue weighted by atomic mass is 10.1. The number of nitrogens with zero attached hydrogens (tertiary/aromatic N) is 2. The van der Waals surface area contributed by atoms with Crippen molar-refractivity contribution in [2.45, 2.75) is 12.5 Å². The topological polar surface area (TPSA) is 61.9 Å². The second-order valence-electron chi connectivity index (χ2n) is 4.78. The fourth-order valence-corrected chi connectivity index (χ4v) is 2.40. The molecule has 2 saturated heterocycles. The average molecular weight is 267 g/mol. The van der Waals surface area contributed by atoms with Crippen LogP contribution in [-0.4, -0.2) is 73.6 Å². The summed E-state index contributed by atoms with van der Waals surface area (Å²) in [6.07, 6.45) is 1.94. The Balaban J connectivity index is 1.88. The molecule has 106 valence electrons. The van der Waals surface area contributed by atoms with Crippen LogP contribution in [0.1, 0.15) is 6.42 Å². The molecule has 0 spiro atoms. The molecule has 1 atom stereocenters. The molecule has 19 heavy (non-hydrogen) atoms. The van der Waals surface area contributed by atoms with Gasteiger partial charge in [0.1, 0.15) is 0 Å². The third-order valence-electron chi connectivity index (χ3n) is 3.47. The Morgan fingerprint density at radius 2 is 2.16 bits per heavy atom. The van der Waals surface area contributed by atoms with E-state index in [1.54, 1.807) is 15.9 Å². The summed E-state index contributed by atoms with van der Waals surface area (Å²) >= 11 is 0. The molecule has 6 nitrogen and oxygen atoms in total. The number of amides is 2. The zero-order valence-corrected chi connectivity index (χ0v) is 11.1. The molecule has 2 aliphatic rings. The molecule has 1 unspecified atom stereocenters. The predicted octanol–water partition coefficient (Wildman–Crippen LogP) is -0.778. The average Bonchev–Trinajstić information content (AvgIpc) is 2.44. The summed E-state index contributed by atoms with van der Waals surface area (Å²) < 4.78 is 5.21. The molecular weight excluding hydrogens is 246 g/mol. The molecule has 0 aliphatic carbocycles. The number of hydrogen-bond donors (Lipinski definition) is 1. The smallest absolute Gasteiger partial charge is 0.240 e. The van der Waals surface area contributed by atoms with E-state index in [2.05, 4.69) is 11.9 Å². The summed E-state index contributed by atoms with van der Waals surface area (Å²) in [6.45, 7) is 8.00. The first-order chi connectivity index (χ1) is 9.22. The van der Waals surface area contributed by atoms with Gasteiger partial charge >= 0.3 is 0 Å². The van der Waals surface area contributed by atoms with Crippen LogP contribution in [0, 0.1) is 0 Å². The molecule has 2 fully saturated rings. The zero-order valence-electron chi connectivity index (χ0n) is 11.1. The molecule has 0 bridgehead atoms. The van der Waals surface area contributed by atoms with Gasteiger partial charge in [-0.25, -0.2) is 0 Å². The van der Waals surface area contributed by atoms with Gasteiger partial charge in [0, 0.05) is 32.7 Å². The lowest BCUT2D eigenvalue weighted by Crippen LogP contribution is -2.56. The molecule has 2 heterocycles. The minimum Gasteiger partial charge on any atom is -0.378 e. The highest BCUT2D eigenvalue weighted by Crippen LogP contribution is 2.08. The zero-order chi connectivity index (χ0) is 13.7. The van der Waals surface area contributed by atoms with Gasteiger partial charge in [0.25, 0.3) is 0 Å². The number of nitrogens with one attached hydrogen (secondary N) is 1. The van der Waals surface area contributed by atoms with Crippen molar-refractivity contribution in [2.24, 2.45) is 0 Å². The Labute approximate surface area is 113 Å². The molecule has 0 radical (unpaired) electrons. The van der Waals surface area contributed by atoms with Gasteiger partial charge in [-0.3, -0.25) is 9.59 Å². The Hall–Kier alpha value is -1.40. The van der Waals surface area contributed by atoms with E-state index in [1.165, 1.54) is 0 Å². The normalized spacial score (nSPS) is 24.4. The molecular formula is C13H21N3O3. The number of carbonyl (C=O) groups is 2. The van der Waals surface area contributed by atoms with E-state index in [0.29, 0.717) is 39.4 Å². The fourth-order valence-electron chi connectivity index (χ4n) is 2.40. The Morgan fingerprint density at radius 3 is 2.84 bits per heavy atom. The summed E-state index contributed by atoms with van der Waals surface area (Å²) in [4.78, 5) is 27.8. The molecule has 2 rings (SSSR count). The van der Waals surface area contributed by atoms with Crippen molar-refractivity contribution >= 4 is 11.8 Å². The van der Waals surface area contributed by atoms with Crippen molar-refractivity contribution in [1.82, 2.24) is 15.1 Å². The second-order valence-corrected chi connectivity index (χ2v) is 4.78. The van der Waals surface area contributed by atoms with Gasteiger partial charge in [-0.2, -0.15) is 0 Å². The van der Waals surface area contributed by atoms with Gasteiger partial charge in [0.15, 0.2) is 0 Å². The Kier molecular flexibility index (Phi) is 4.93. The maximum absolute atomic E-state index is 12.2. The van der Waals surface area contributed by atoms with Crippen molar-refractivity contribution in [1.29, 1.82) is 0 Å². The molecule has 2 aliphatic heterocycles. The fraction of sp³-hybridized carbons (Fsp3) is 0.692. The number of piperazine rings is 1. The Morgan fingerprint density at radius 1 is 1.42 bits per heavy atom. The summed E-state index contributed by atoms with van der Waals surface area (Å²) in [5.41, 5.74) is 0. The van der Waals surface area contributed by atoms with Crippen LogP contribution in [0.15, 0.2) is 12.7 Å². The quantitative estimate of drug-likeness (QED) is 0.679. The van der Waals surface area contributed by atoms with Gasteiger partial charge in [-0.1, -0.05) is 6.08 Å². The third-order valence-corrected chi connectivity index (χ3v) is 3.47. The molecule has 0 saturated carbocycles. The van der Waals surface area contributed by atoms with Crippen molar-refractivity contribution < 1.29 is 14.3 Å². The highest BCUT2D eigenvalue weighted by molar-refractivity contribution is 5.89. The van der Waals surface area contributed by atoms with E-state index < -0.39 is 6.04 Å². The van der Waals surface area contributed by atoms with Crippen LogP contribution in [0.2, 0.25) is 0 Å². The monoisotopic (exact) mass is 267 g/mol. The van der Waals surface area contributed by atoms with Gasteiger partial charge < -0.3 is 19.9 Å². The predicted molar refractivity (Wildman–Crippen MR) is 70.6 cm³/mol. The number of morpholine rings is 1. The van der Waals surface area contributed by atoms with Crippen LogP contribution in [0.4, 0.5) is 0 Å². The first-order valence-corrected chi connectivity index (χ1v) is 6.71. The minimum atomic E-state index is -0.399. The molecule has 2 amide bonds.